The number of aromatic nitrogens is 1. The molecule has 1 aliphatic rings. The number of imide groups is 1. The fraction of sp³-hybridized carbons (Fsp3) is 0.308. The van der Waals surface area contributed by atoms with Gasteiger partial charge in [-0.3, -0.25) is 9.59 Å². The number of nitrogens with one attached hydrogen (secondary N) is 2. The number of thiazole rings is 1. The van der Waals surface area contributed by atoms with Crippen LogP contribution in [0.2, 0.25) is 0 Å². The van der Waals surface area contributed by atoms with E-state index in [-0.39, 0.29) is 5.13 Å². The lowest BCUT2D eigenvalue weighted by molar-refractivity contribution is -0.134. The van der Waals surface area contributed by atoms with E-state index in [9.17, 15) is 19.5 Å². The standard InChI is InChI=1S/C26H28N4O5S/c1-15(16-8-6-5-7-9-16)21(22(31)29-24-27-19(14-36-24)26(2,3)34)30-23(32)20(28-25(30)33)17-10-12-18(35-4)13-11-17/h5-15,20-21,34H,1-4H3,(H,28,33)(H,27,29,31). The van der Waals surface area contributed by atoms with Crippen LogP contribution in [-0.2, 0) is 15.2 Å². The normalized spacial score (nSPS) is 17.5. The Hall–Kier alpha value is -3.76. The molecule has 9 nitrogen and oxygen atoms in total. The highest BCUT2D eigenvalue weighted by Gasteiger charge is 2.47. The molecular weight excluding hydrogens is 480 g/mol. The van der Waals surface area contributed by atoms with Gasteiger partial charge >= 0.3 is 6.03 Å². The molecule has 0 bridgehead atoms. The van der Waals surface area contributed by atoms with Gasteiger partial charge in [0.2, 0.25) is 5.91 Å². The molecule has 3 atom stereocenters. The predicted molar refractivity (Wildman–Crippen MR) is 136 cm³/mol. The predicted octanol–water partition coefficient (Wildman–Crippen LogP) is 3.78. The van der Waals surface area contributed by atoms with Crippen LogP contribution < -0.4 is 15.4 Å². The van der Waals surface area contributed by atoms with Gasteiger partial charge in [0.1, 0.15) is 23.4 Å². The maximum atomic E-state index is 13.6. The summed E-state index contributed by atoms with van der Waals surface area (Å²) in [7, 11) is 1.54. The molecule has 4 rings (SSSR count). The number of rotatable bonds is 8. The zero-order valence-corrected chi connectivity index (χ0v) is 21.2. The summed E-state index contributed by atoms with van der Waals surface area (Å²) in [6, 6.07) is 13.3. The van der Waals surface area contributed by atoms with E-state index in [0.717, 1.165) is 21.8 Å². The molecular formula is C26H28N4O5S. The van der Waals surface area contributed by atoms with Gasteiger partial charge in [0.25, 0.3) is 5.91 Å². The zero-order chi connectivity index (χ0) is 26.0. The van der Waals surface area contributed by atoms with Crippen molar-refractivity contribution < 1.29 is 24.2 Å². The largest absolute Gasteiger partial charge is 0.497 e. The number of aliphatic hydroxyl groups is 1. The number of hydrogen-bond donors (Lipinski definition) is 3. The summed E-state index contributed by atoms with van der Waals surface area (Å²) < 4.78 is 5.17. The van der Waals surface area contributed by atoms with E-state index in [1.165, 1.54) is 0 Å². The lowest BCUT2D eigenvalue weighted by Gasteiger charge is -2.29. The van der Waals surface area contributed by atoms with Crippen LogP contribution in [0.5, 0.6) is 5.75 Å². The Morgan fingerprint density at radius 1 is 1.17 bits per heavy atom. The van der Waals surface area contributed by atoms with E-state index in [0.29, 0.717) is 17.0 Å². The topological polar surface area (TPSA) is 121 Å². The highest BCUT2D eigenvalue weighted by atomic mass is 32.1. The number of carbonyl (C=O) groups excluding carboxylic acids is 3. The Kier molecular flexibility index (Phi) is 7.09. The molecule has 2 aromatic carbocycles. The molecule has 4 amide bonds. The van der Waals surface area contributed by atoms with E-state index >= 15 is 0 Å². The second-order valence-electron chi connectivity index (χ2n) is 9.09. The van der Waals surface area contributed by atoms with Crippen LogP contribution in [0.1, 0.15) is 49.6 Å². The second kappa shape index (κ2) is 10.1. The van der Waals surface area contributed by atoms with Crippen LogP contribution >= 0.6 is 11.3 Å². The van der Waals surface area contributed by atoms with Crippen LogP contribution in [0.3, 0.4) is 0 Å². The summed E-state index contributed by atoms with van der Waals surface area (Å²) >= 11 is 1.16. The van der Waals surface area contributed by atoms with Crippen molar-refractivity contribution in [3.63, 3.8) is 0 Å². The molecule has 0 aliphatic carbocycles. The summed E-state index contributed by atoms with van der Waals surface area (Å²) in [6.45, 7) is 4.99. The third kappa shape index (κ3) is 5.09. The number of methoxy groups -OCH3 is 1. The number of hydrogen-bond acceptors (Lipinski definition) is 7. The van der Waals surface area contributed by atoms with Crippen molar-refractivity contribution in [1.29, 1.82) is 0 Å². The number of nitrogens with zero attached hydrogens (tertiary/aromatic N) is 2. The SMILES string of the molecule is COc1ccc(C2NC(=O)N(C(C(=O)Nc3nc(C(C)(C)O)cs3)C(C)c3ccccc3)C2=O)cc1. The Balaban J connectivity index is 1.66. The molecule has 1 fully saturated rings. The summed E-state index contributed by atoms with van der Waals surface area (Å²) in [6.07, 6.45) is 0. The van der Waals surface area contributed by atoms with Gasteiger partial charge in [-0.1, -0.05) is 49.4 Å². The average Bonchev–Trinajstić information content (AvgIpc) is 3.45. The Bertz CT molecular complexity index is 1250. The number of amides is 4. The molecule has 1 saturated heterocycles. The maximum absolute atomic E-state index is 13.6. The number of benzene rings is 2. The first-order valence-electron chi connectivity index (χ1n) is 11.4. The van der Waals surface area contributed by atoms with Gasteiger partial charge in [0.15, 0.2) is 5.13 Å². The van der Waals surface area contributed by atoms with Gasteiger partial charge in [-0.25, -0.2) is 14.7 Å². The maximum Gasteiger partial charge on any atom is 0.325 e. The monoisotopic (exact) mass is 508 g/mol. The number of ether oxygens (including phenoxy) is 1. The quantitative estimate of drug-likeness (QED) is 0.398. The summed E-state index contributed by atoms with van der Waals surface area (Å²) in [5.74, 6) is -0.966. The summed E-state index contributed by atoms with van der Waals surface area (Å²) in [5.41, 5.74) is 0.609. The van der Waals surface area contributed by atoms with E-state index in [1.54, 1.807) is 57.5 Å². The van der Waals surface area contributed by atoms with Crippen LogP contribution in [0.25, 0.3) is 0 Å². The highest BCUT2D eigenvalue weighted by Crippen LogP contribution is 2.32. The third-order valence-corrected chi connectivity index (χ3v) is 6.88. The highest BCUT2D eigenvalue weighted by molar-refractivity contribution is 7.14. The van der Waals surface area contributed by atoms with Crippen LogP contribution in [-0.4, -0.2) is 46.0 Å². The van der Waals surface area contributed by atoms with Crippen molar-refractivity contribution >= 4 is 34.3 Å². The molecule has 0 radical (unpaired) electrons. The van der Waals surface area contributed by atoms with E-state index in [1.807, 2.05) is 30.3 Å². The molecule has 188 valence electrons. The molecule has 3 N–H and O–H groups in total. The first kappa shape index (κ1) is 25.3. The molecule has 1 aromatic heterocycles. The molecule has 1 aliphatic heterocycles. The third-order valence-electron chi connectivity index (χ3n) is 6.13. The van der Waals surface area contributed by atoms with Crippen molar-refractivity contribution in [2.45, 2.75) is 44.4 Å². The zero-order valence-electron chi connectivity index (χ0n) is 20.4. The number of carbonyl (C=O) groups is 3. The minimum Gasteiger partial charge on any atom is -0.497 e. The van der Waals surface area contributed by atoms with Crippen molar-refractivity contribution in [2.24, 2.45) is 0 Å². The average molecular weight is 509 g/mol. The van der Waals surface area contributed by atoms with Crippen molar-refractivity contribution in [3.8, 4) is 5.75 Å². The summed E-state index contributed by atoms with van der Waals surface area (Å²) in [5, 5.41) is 17.6. The van der Waals surface area contributed by atoms with E-state index in [2.05, 4.69) is 15.6 Å². The molecule has 10 heteroatoms. The van der Waals surface area contributed by atoms with Crippen molar-refractivity contribution in [1.82, 2.24) is 15.2 Å². The number of anilines is 1. The molecule has 0 spiro atoms. The molecule has 2 heterocycles. The van der Waals surface area contributed by atoms with Crippen LogP contribution in [0, 0.1) is 0 Å². The lowest BCUT2D eigenvalue weighted by Crippen LogP contribution is -2.50. The smallest absolute Gasteiger partial charge is 0.325 e. The van der Waals surface area contributed by atoms with Gasteiger partial charge in [-0.15, -0.1) is 11.3 Å². The Labute approximate surface area is 213 Å². The van der Waals surface area contributed by atoms with Crippen LogP contribution in [0.4, 0.5) is 9.93 Å². The van der Waals surface area contributed by atoms with Crippen LogP contribution in [0.15, 0.2) is 60.0 Å². The fourth-order valence-electron chi connectivity index (χ4n) is 4.08. The van der Waals surface area contributed by atoms with E-state index in [4.69, 9.17) is 4.74 Å². The van der Waals surface area contributed by atoms with Gasteiger partial charge < -0.3 is 20.5 Å². The first-order valence-corrected chi connectivity index (χ1v) is 12.3. The molecule has 36 heavy (non-hydrogen) atoms. The minimum absolute atomic E-state index is 0.265. The molecule has 0 saturated carbocycles. The summed E-state index contributed by atoms with van der Waals surface area (Å²) in [4.78, 5) is 45.5. The van der Waals surface area contributed by atoms with Crippen molar-refractivity contribution in [3.05, 3.63) is 76.8 Å². The Morgan fingerprint density at radius 2 is 1.83 bits per heavy atom. The van der Waals surface area contributed by atoms with Gasteiger partial charge in [-0.2, -0.15) is 0 Å². The van der Waals surface area contributed by atoms with Gasteiger partial charge in [0.05, 0.1) is 12.8 Å². The minimum atomic E-state index is -1.17. The fourth-order valence-corrected chi connectivity index (χ4v) is 4.95. The van der Waals surface area contributed by atoms with E-state index < -0.39 is 41.4 Å². The Morgan fingerprint density at radius 3 is 2.42 bits per heavy atom. The van der Waals surface area contributed by atoms with Gasteiger partial charge in [0, 0.05) is 11.3 Å². The number of urea groups is 1. The molecule has 3 aromatic rings. The lowest BCUT2D eigenvalue weighted by atomic mass is 9.91. The van der Waals surface area contributed by atoms with Crippen molar-refractivity contribution in [2.75, 3.05) is 12.4 Å². The first-order chi connectivity index (χ1) is 17.1. The van der Waals surface area contributed by atoms with Gasteiger partial charge in [-0.05, 0) is 37.1 Å². The second-order valence-corrected chi connectivity index (χ2v) is 9.95. The molecule has 3 unspecified atom stereocenters.